The lowest BCUT2D eigenvalue weighted by Gasteiger charge is -2.31. The van der Waals surface area contributed by atoms with Crippen LogP contribution in [0.25, 0.3) is 0 Å². The van der Waals surface area contributed by atoms with Crippen LogP contribution in [0, 0.1) is 0 Å². The van der Waals surface area contributed by atoms with Crippen molar-refractivity contribution < 1.29 is 0 Å². The zero-order valence-corrected chi connectivity index (χ0v) is 11.6. The van der Waals surface area contributed by atoms with Gasteiger partial charge in [-0.05, 0) is 62.1 Å². The standard InChI is InChI=1S/C12H29N3/c1-11(8-9-13(3)4)15(7)10-12(2)14(5)6/h11-12H,8-10H2,1-7H3. The Balaban J connectivity index is 3.82. The molecule has 0 saturated carbocycles. The molecular formula is C12H29N3. The van der Waals surface area contributed by atoms with Gasteiger partial charge in [0.1, 0.15) is 0 Å². The second-order valence-corrected chi connectivity index (χ2v) is 5.19. The third-order valence-corrected chi connectivity index (χ3v) is 3.18. The van der Waals surface area contributed by atoms with Crippen molar-refractivity contribution in [2.45, 2.75) is 32.4 Å². The molecule has 0 aromatic rings. The minimum absolute atomic E-state index is 0.622. The first-order chi connectivity index (χ1) is 6.84. The van der Waals surface area contributed by atoms with Crippen molar-refractivity contribution in [2.75, 3.05) is 48.3 Å². The van der Waals surface area contributed by atoms with Gasteiger partial charge in [-0.25, -0.2) is 0 Å². The summed E-state index contributed by atoms with van der Waals surface area (Å²) in [5.74, 6) is 0. The van der Waals surface area contributed by atoms with Gasteiger partial charge in [-0.3, -0.25) is 0 Å². The normalized spacial score (nSPS) is 16.4. The van der Waals surface area contributed by atoms with Crippen LogP contribution in [0.5, 0.6) is 0 Å². The number of nitrogens with zero attached hydrogens (tertiary/aromatic N) is 3. The molecule has 0 rings (SSSR count). The molecule has 0 amide bonds. The Morgan fingerprint density at radius 3 is 1.80 bits per heavy atom. The van der Waals surface area contributed by atoms with E-state index in [2.05, 4.69) is 63.8 Å². The predicted molar refractivity (Wildman–Crippen MR) is 68.4 cm³/mol. The highest BCUT2D eigenvalue weighted by Crippen LogP contribution is 2.04. The summed E-state index contributed by atoms with van der Waals surface area (Å²) in [4.78, 5) is 6.98. The van der Waals surface area contributed by atoms with Gasteiger partial charge in [0.2, 0.25) is 0 Å². The number of hydrogen-bond acceptors (Lipinski definition) is 3. The number of likely N-dealkylation sites (N-methyl/N-ethyl adjacent to an activating group) is 2. The van der Waals surface area contributed by atoms with Crippen LogP contribution in [0.3, 0.4) is 0 Å². The van der Waals surface area contributed by atoms with Crippen molar-refractivity contribution >= 4 is 0 Å². The number of hydrogen-bond donors (Lipinski definition) is 0. The van der Waals surface area contributed by atoms with Gasteiger partial charge in [0.05, 0.1) is 0 Å². The van der Waals surface area contributed by atoms with E-state index in [1.807, 2.05) is 0 Å². The molecule has 0 saturated heterocycles. The second-order valence-electron chi connectivity index (χ2n) is 5.19. The second kappa shape index (κ2) is 7.20. The van der Waals surface area contributed by atoms with E-state index in [0.29, 0.717) is 12.1 Å². The third-order valence-electron chi connectivity index (χ3n) is 3.18. The van der Waals surface area contributed by atoms with Gasteiger partial charge in [-0.2, -0.15) is 0 Å². The predicted octanol–water partition coefficient (Wildman–Crippen LogP) is 1.21. The average molecular weight is 215 g/mol. The van der Waals surface area contributed by atoms with Gasteiger partial charge in [0.25, 0.3) is 0 Å². The Kier molecular flexibility index (Phi) is 7.14. The highest BCUT2D eigenvalue weighted by Gasteiger charge is 2.13. The molecule has 0 fully saturated rings. The minimum Gasteiger partial charge on any atom is -0.309 e. The van der Waals surface area contributed by atoms with Crippen LogP contribution < -0.4 is 0 Å². The highest BCUT2D eigenvalue weighted by atomic mass is 15.2. The van der Waals surface area contributed by atoms with E-state index in [4.69, 9.17) is 0 Å². The van der Waals surface area contributed by atoms with Crippen LogP contribution in [0.2, 0.25) is 0 Å². The van der Waals surface area contributed by atoms with Crippen molar-refractivity contribution in [3.8, 4) is 0 Å². The van der Waals surface area contributed by atoms with Gasteiger partial charge in [0, 0.05) is 18.6 Å². The van der Waals surface area contributed by atoms with Crippen LogP contribution in [-0.4, -0.2) is 75.1 Å². The van der Waals surface area contributed by atoms with Gasteiger partial charge in [-0.15, -0.1) is 0 Å². The van der Waals surface area contributed by atoms with Crippen molar-refractivity contribution in [2.24, 2.45) is 0 Å². The maximum Gasteiger partial charge on any atom is 0.0188 e. The molecule has 3 nitrogen and oxygen atoms in total. The van der Waals surface area contributed by atoms with E-state index >= 15 is 0 Å². The largest absolute Gasteiger partial charge is 0.309 e. The molecule has 0 aliphatic carbocycles. The van der Waals surface area contributed by atoms with E-state index in [1.54, 1.807) is 0 Å². The Labute approximate surface area is 96.0 Å². The summed E-state index contributed by atoms with van der Waals surface area (Å²) in [5.41, 5.74) is 0. The summed E-state index contributed by atoms with van der Waals surface area (Å²) in [6, 6.07) is 1.28. The van der Waals surface area contributed by atoms with Gasteiger partial charge >= 0.3 is 0 Å². The highest BCUT2D eigenvalue weighted by molar-refractivity contribution is 4.70. The Morgan fingerprint density at radius 2 is 1.40 bits per heavy atom. The third kappa shape index (κ3) is 6.88. The van der Waals surface area contributed by atoms with E-state index in [1.165, 1.54) is 13.0 Å². The lowest BCUT2D eigenvalue weighted by molar-refractivity contribution is 0.171. The van der Waals surface area contributed by atoms with E-state index in [9.17, 15) is 0 Å². The molecular weight excluding hydrogens is 186 g/mol. The fraction of sp³-hybridized carbons (Fsp3) is 1.00. The van der Waals surface area contributed by atoms with Crippen molar-refractivity contribution in [1.82, 2.24) is 14.7 Å². The molecule has 0 aliphatic heterocycles. The first kappa shape index (κ1) is 14.9. The van der Waals surface area contributed by atoms with Crippen molar-refractivity contribution in [1.29, 1.82) is 0 Å². The molecule has 15 heavy (non-hydrogen) atoms. The van der Waals surface area contributed by atoms with Crippen LogP contribution >= 0.6 is 0 Å². The number of rotatable bonds is 7. The average Bonchev–Trinajstić information content (AvgIpc) is 2.13. The molecule has 2 unspecified atom stereocenters. The topological polar surface area (TPSA) is 9.72 Å². The van der Waals surface area contributed by atoms with Crippen LogP contribution in [0.4, 0.5) is 0 Å². The SMILES string of the molecule is CC(CN(C)C(C)CCN(C)C)N(C)C. The first-order valence-electron chi connectivity index (χ1n) is 5.86. The molecule has 0 bridgehead atoms. The monoisotopic (exact) mass is 215 g/mol. The maximum absolute atomic E-state index is 2.45. The van der Waals surface area contributed by atoms with Crippen LogP contribution in [-0.2, 0) is 0 Å². The van der Waals surface area contributed by atoms with Crippen LogP contribution in [0.1, 0.15) is 20.3 Å². The molecule has 92 valence electrons. The molecule has 2 atom stereocenters. The zero-order valence-electron chi connectivity index (χ0n) is 11.6. The molecule has 0 radical (unpaired) electrons. The molecule has 3 heteroatoms. The van der Waals surface area contributed by atoms with Crippen molar-refractivity contribution in [3.63, 3.8) is 0 Å². The van der Waals surface area contributed by atoms with Crippen LogP contribution in [0.15, 0.2) is 0 Å². The fourth-order valence-corrected chi connectivity index (χ4v) is 1.43. The van der Waals surface area contributed by atoms with E-state index in [0.717, 1.165) is 6.54 Å². The quantitative estimate of drug-likeness (QED) is 0.632. The lowest BCUT2D eigenvalue weighted by atomic mass is 10.2. The Hall–Kier alpha value is -0.120. The van der Waals surface area contributed by atoms with Gasteiger partial charge in [-0.1, -0.05) is 0 Å². The smallest absolute Gasteiger partial charge is 0.0188 e. The zero-order chi connectivity index (χ0) is 12.0. The summed E-state index contributed by atoms with van der Waals surface area (Å²) in [7, 11) is 10.8. The van der Waals surface area contributed by atoms with Crippen molar-refractivity contribution in [3.05, 3.63) is 0 Å². The summed E-state index contributed by atoms with van der Waals surface area (Å²) < 4.78 is 0. The lowest BCUT2D eigenvalue weighted by Crippen LogP contribution is -2.41. The summed E-state index contributed by atoms with van der Waals surface area (Å²) in [6.45, 7) is 6.89. The van der Waals surface area contributed by atoms with Gasteiger partial charge < -0.3 is 14.7 Å². The molecule has 0 aromatic heterocycles. The van der Waals surface area contributed by atoms with E-state index < -0.39 is 0 Å². The van der Waals surface area contributed by atoms with Gasteiger partial charge in [0.15, 0.2) is 0 Å². The summed E-state index contributed by atoms with van der Waals surface area (Å²) in [6.07, 6.45) is 1.24. The Morgan fingerprint density at radius 1 is 0.867 bits per heavy atom. The summed E-state index contributed by atoms with van der Waals surface area (Å²) in [5, 5.41) is 0. The summed E-state index contributed by atoms with van der Waals surface area (Å²) >= 11 is 0. The Bertz CT molecular complexity index is 157. The maximum atomic E-state index is 2.45. The molecule has 0 N–H and O–H groups in total. The molecule has 0 aliphatic rings. The molecule has 0 spiro atoms. The van der Waals surface area contributed by atoms with E-state index in [-0.39, 0.29) is 0 Å². The molecule has 0 aromatic carbocycles. The first-order valence-corrected chi connectivity index (χ1v) is 5.86. The fourth-order valence-electron chi connectivity index (χ4n) is 1.43. The minimum atomic E-state index is 0.622. The molecule has 0 heterocycles.